The lowest BCUT2D eigenvalue weighted by atomic mass is 10.2. The summed E-state index contributed by atoms with van der Waals surface area (Å²) < 4.78 is 0. The quantitative estimate of drug-likeness (QED) is 0.575. The lowest BCUT2D eigenvalue weighted by Gasteiger charge is -1.97. The molecular formula is C12H12N4O2S. The minimum atomic E-state index is -0.276. The molecule has 19 heavy (non-hydrogen) atoms. The molecule has 1 aromatic carbocycles. The van der Waals surface area contributed by atoms with Gasteiger partial charge in [0.25, 0.3) is 0 Å². The van der Waals surface area contributed by atoms with E-state index in [0.717, 1.165) is 0 Å². The summed E-state index contributed by atoms with van der Waals surface area (Å²) in [6.07, 6.45) is 1.58. The van der Waals surface area contributed by atoms with Crippen molar-refractivity contribution in [3.05, 3.63) is 40.9 Å². The molecule has 0 aliphatic carbocycles. The van der Waals surface area contributed by atoms with Crippen LogP contribution in [0.2, 0.25) is 0 Å². The number of benzene rings is 1. The minimum absolute atomic E-state index is 0.130. The molecule has 6 nitrogen and oxygen atoms in total. The SMILES string of the molecule is Nc1nc(CC(=O)N/N=C\c2cccc(O)c2)cs1. The number of anilines is 1. The summed E-state index contributed by atoms with van der Waals surface area (Å²) in [6, 6.07) is 6.55. The third kappa shape index (κ3) is 4.07. The van der Waals surface area contributed by atoms with Crippen LogP contribution in [0.4, 0.5) is 5.13 Å². The summed E-state index contributed by atoms with van der Waals surface area (Å²) in [5, 5.41) is 15.2. The van der Waals surface area contributed by atoms with Gasteiger partial charge in [0.15, 0.2) is 5.13 Å². The third-order valence-electron chi connectivity index (χ3n) is 2.18. The standard InChI is InChI=1S/C12H12N4O2S/c13-12-15-9(7-19-12)5-11(18)16-14-6-8-2-1-3-10(17)4-8/h1-4,6-7,17H,5H2,(H2,13,15)(H,16,18)/b14-6-. The van der Waals surface area contributed by atoms with Gasteiger partial charge in [0.1, 0.15) is 5.75 Å². The first-order chi connectivity index (χ1) is 9.13. The van der Waals surface area contributed by atoms with E-state index in [1.165, 1.54) is 23.6 Å². The van der Waals surface area contributed by atoms with Gasteiger partial charge in [-0.3, -0.25) is 4.79 Å². The maximum Gasteiger partial charge on any atom is 0.246 e. The molecule has 1 aromatic heterocycles. The Bertz CT molecular complexity index is 609. The maximum absolute atomic E-state index is 11.5. The van der Waals surface area contributed by atoms with Gasteiger partial charge in [0, 0.05) is 5.38 Å². The highest BCUT2D eigenvalue weighted by Gasteiger charge is 2.05. The Labute approximate surface area is 113 Å². The zero-order valence-corrected chi connectivity index (χ0v) is 10.7. The number of aromatic hydroxyl groups is 1. The van der Waals surface area contributed by atoms with Crippen LogP contribution in [0.15, 0.2) is 34.7 Å². The van der Waals surface area contributed by atoms with Crippen molar-refractivity contribution in [1.29, 1.82) is 0 Å². The van der Waals surface area contributed by atoms with Crippen molar-refractivity contribution in [3.63, 3.8) is 0 Å². The van der Waals surface area contributed by atoms with Gasteiger partial charge >= 0.3 is 0 Å². The monoisotopic (exact) mass is 276 g/mol. The summed E-state index contributed by atoms with van der Waals surface area (Å²) in [5.41, 5.74) is 9.16. The predicted molar refractivity (Wildman–Crippen MR) is 74.1 cm³/mol. The number of aromatic nitrogens is 1. The fraction of sp³-hybridized carbons (Fsp3) is 0.0833. The van der Waals surface area contributed by atoms with Crippen LogP contribution in [0.3, 0.4) is 0 Å². The molecule has 98 valence electrons. The lowest BCUT2D eigenvalue weighted by Crippen LogP contribution is -2.19. The van der Waals surface area contributed by atoms with Crippen molar-refractivity contribution in [1.82, 2.24) is 10.4 Å². The maximum atomic E-state index is 11.5. The second-order valence-corrected chi connectivity index (χ2v) is 4.63. The lowest BCUT2D eigenvalue weighted by molar-refractivity contribution is -0.120. The average Bonchev–Trinajstić information content (AvgIpc) is 2.75. The number of hydrazone groups is 1. The molecular weight excluding hydrogens is 264 g/mol. The summed E-state index contributed by atoms with van der Waals surface area (Å²) in [5.74, 6) is -0.130. The van der Waals surface area contributed by atoms with Crippen LogP contribution in [0.25, 0.3) is 0 Å². The largest absolute Gasteiger partial charge is 0.508 e. The van der Waals surface area contributed by atoms with Crippen molar-refractivity contribution < 1.29 is 9.90 Å². The molecule has 7 heteroatoms. The molecule has 0 unspecified atom stereocenters. The molecule has 0 aliphatic heterocycles. The first-order valence-electron chi connectivity index (χ1n) is 5.44. The van der Waals surface area contributed by atoms with Crippen molar-refractivity contribution in [2.24, 2.45) is 5.10 Å². The Morgan fingerprint density at radius 1 is 1.58 bits per heavy atom. The van der Waals surface area contributed by atoms with Crippen LogP contribution in [0, 0.1) is 0 Å². The Balaban J connectivity index is 1.86. The number of nitrogens with two attached hydrogens (primary N) is 1. The van der Waals surface area contributed by atoms with Crippen LogP contribution in [0.1, 0.15) is 11.3 Å². The molecule has 0 radical (unpaired) electrons. The van der Waals surface area contributed by atoms with Crippen molar-refractivity contribution in [3.8, 4) is 5.75 Å². The fourth-order valence-electron chi connectivity index (χ4n) is 1.39. The number of hydrogen-bond donors (Lipinski definition) is 3. The molecule has 2 rings (SSSR count). The zero-order chi connectivity index (χ0) is 13.7. The van der Waals surface area contributed by atoms with Crippen molar-refractivity contribution in [2.75, 3.05) is 5.73 Å². The first kappa shape index (κ1) is 13.0. The highest BCUT2D eigenvalue weighted by atomic mass is 32.1. The van der Waals surface area contributed by atoms with E-state index in [9.17, 15) is 9.90 Å². The predicted octanol–water partition coefficient (Wildman–Crippen LogP) is 1.12. The van der Waals surface area contributed by atoms with E-state index in [-0.39, 0.29) is 18.1 Å². The second-order valence-electron chi connectivity index (χ2n) is 3.74. The van der Waals surface area contributed by atoms with Gasteiger partial charge in [-0.05, 0) is 17.7 Å². The van der Waals surface area contributed by atoms with E-state index in [0.29, 0.717) is 16.4 Å². The smallest absolute Gasteiger partial charge is 0.246 e. The summed E-state index contributed by atoms with van der Waals surface area (Å²) in [6.45, 7) is 0. The molecule has 0 fully saturated rings. The minimum Gasteiger partial charge on any atom is -0.508 e. The highest BCUT2D eigenvalue weighted by molar-refractivity contribution is 7.13. The van der Waals surface area contributed by atoms with E-state index in [1.807, 2.05) is 0 Å². The van der Waals surface area contributed by atoms with E-state index < -0.39 is 0 Å². The van der Waals surface area contributed by atoms with Crippen LogP contribution in [-0.4, -0.2) is 22.2 Å². The van der Waals surface area contributed by atoms with Crippen molar-refractivity contribution in [2.45, 2.75) is 6.42 Å². The molecule has 1 amide bonds. The van der Waals surface area contributed by atoms with Crippen LogP contribution in [-0.2, 0) is 11.2 Å². The van der Waals surface area contributed by atoms with Gasteiger partial charge in [-0.2, -0.15) is 5.10 Å². The second kappa shape index (κ2) is 5.96. The summed E-state index contributed by atoms with van der Waals surface area (Å²) >= 11 is 1.29. The average molecular weight is 276 g/mol. The number of carbonyl (C=O) groups is 1. The molecule has 2 aromatic rings. The number of hydrogen-bond acceptors (Lipinski definition) is 6. The Kier molecular flexibility index (Phi) is 4.09. The normalized spacial score (nSPS) is 10.7. The van der Waals surface area contributed by atoms with Gasteiger partial charge in [-0.15, -0.1) is 11.3 Å². The number of carbonyl (C=O) groups excluding carboxylic acids is 1. The number of nitrogens with zero attached hydrogens (tertiary/aromatic N) is 2. The van der Waals surface area contributed by atoms with Gasteiger partial charge in [-0.25, -0.2) is 10.4 Å². The van der Waals surface area contributed by atoms with Gasteiger partial charge in [0.2, 0.25) is 5.91 Å². The van der Waals surface area contributed by atoms with E-state index in [4.69, 9.17) is 5.73 Å². The molecule has 0 saturated carbocycles. The Morgan fingerprint density at radius 3 is 3.11 bits per heavy atom. The number of thiazole rings is 1. The van der Waals surface area contributed by atoms with Gasteiger partial charge in [-0.1, -0.05) is 12.1 Å². The third-order valence-corrected chi connectivity index (χ3v) is 2.91. The van der Waals surface area contributed by atoms with Crippen LogP contribution in [0.5, 0.6) is 5.75 Å². The Morgan fingerprint density at radius 2 is 2.42 bits per heavy atom. The zero-order valence-electron chi connectivity index (χ0n) is 9.91. The topological polar surface area (TPSA) is 101 Å². The Hall–Kier alpha value is -2.41. The molecule has 0 atom stereocenters. The summed E-state index contributed by atoms with van der Waals surface area (Å²) in [4.78, 5) is 15.5. The summed E-state index contributed by atoms with van der Waals surface area (Å²) in [7, 11) is 0. The fourth-order valence-corrected chi connectivity index (χ4v) is 1.95. The van der Waals surface area contributed by atoms with E-state index >= 15 is 0 Å². The van der Waals surface area contributed by atoms with Crippen LogP contribution >= 0.6 is 11.3 Å². The van der Waals surface area contributed by atoms with Gasteiger partial charge < -0.3 is 10.8 Å². The molecule has 0 spiro atoms. The number of phenols is 1. The van der Waals surface area contributed by atoms with E-state index in [1.54, 1.807) is 23.6 Å². The number of rotatable bonds is 4. The molecule has 0 aliphatic rings. The number of phenolic OH excluding ortho intramolecular Hbond substituents is 1. The molecule has 4 N–H and O–H groups in total. The number of nitrogen functional groups attached to an aromatic ring is 1. The number of nitrogens with one attached hydrogen (secondary N) is 1. The number of amides is 1. The molecule has 1 heterocycles. The highest BCUT2D eigenvalue weighted by Crippen LogP contribution is 2.11. The molecule has 0 bridgehead atoms. The van der Waals surface area contributed by atoms with Crippen molar-refractivity contribution >= 4 is 28.6 Å². The van der Waals surface area contributed by atoms with E-state index in [2.05, 4.69) is 15.5 Å². The molecule has 0 saturated heterocycles. The van der Waals surface area contributed by atoms with Gasteiger partial charge in [0.05, 0.1) is 18.3 Å². The first-order valence-corrected chi connectivity index (χ1v) is 6.32. The van der Waals surface area contributed by atoms with Crippen LogP contribution < -0.4 is 11.2 Å².